The highest BCUT2D eigenvalue weighted by atomic mass is 19.4. The third kappa shape index (κ3) is 2.92. The summed E-state index contributed by atoms with van der Waals surface area (Å²) in [5, 5.41) is -1.24. The molecule has 4 nitrogen and oxygen atoms in total. The molecule has 0 aliphatic rings. The standard InChI is InChI=1S/C12H5F10N3O/c13-9(14,11(17,18)19)4-2-6(10(15,16)12(20,21)22)24-7-3(4)1-5(23)8(26)25-7/h1-2H,23H2,(H,24,25,26). The second-order valence-electron chi connectivity index (χ2n) is 5.02. The van der Waals surface area contributed by atoms with Crippen molar-refractivity contribution in [2.75, 3.05) is 5.73 Å². The number of hydrogen-bond acceptors (Lipinski definition) is 3. The number of nitrogens with zero attached hydrogens (tertiary/aromatic N) is 1. The summed E-state index contributed by atoms with van der Waals surface area (Å²) >= 11 is 0. The Morgan fingerprint density at radius 3 is 1.81 bits per heavy atom. The normalized spacial score (nSPS) is 14.1. The van der Waals surface area contributed by atoms with Crippen LogP contribution in [0.1, 0.15) is 11.3 Å². The minimum Gasteiger partial charge on any atom is -0.394 e. The first-order valence-electron chi connectivity index (χ1n) is 6.23. The molecule has 2 rings (SSSR count). The van der Waals surface area contributed by atoms with Gasteiger partial charge in [0.15, 0.2) is 0 Å². The zero-order valence-corrected chi connectivity index (χ0v) is 11.9. The smallest absolute Gasteiger partial charge is 0.394 e. The zero-order chi connectivity index (χ0) is 20.3. The molecule has 144 valence electrons. The predicted octanol–water partition coefficient (Wildman–Crippen LogP) is 3.81. The van der Waals surface area contributed by atoms with Crippen LogP contribution in [0.5, 0.6) is 0 Å². The quantitative estimate of drug-likeness (QED) is 0.758. The number of nitrogen functional groups attached to an aromatic ring is 1. The first-order valence-corrected chi connectivity index (χ1v) is 6.23. The highest BCUT2D eigenvalue weighted by Gasteiger charge is 2.63. The first kappa shape index (κ1) is 19.8. The highest BCUT2D eigenvalue weighted by Crippen LogP contribution is 2.49. The fourth-order valence-electron chi connectivity index (χ4n) is 1.92. The lowest BCUT2D eigenvalue weighted by Gasteiger charge is -2.24. The third-order valence-electron chi connectivity index (χ3n) is 3.22. The number of aromatic nitrogens is 2. The Hall–Kier alpha value is -2.54. The summed E-state index contributed by atoms with van der Waals surface area (Å²) in [6, 6.07) is -0.452. The monoisotopic (exact) mass is 397 g/mol. The van der Waals surface area contributed by atoms with E-state index < -0.39 is 63.8 Å². The van der Waals surface area contributed by atoms with Gasteiger partial charge in [0.1, 0.15) is 11.3 Å². The van der Waals surface area contributed by atoms with Crippen LogP contribution in [0, 0.1) is 0 Å². The van der Waals surface area contributed by atoms with Crippen LogP contribution in [-0.4, -0.2) is 22.3 Å². The molecule has 0 spiro atoms. The molecule has 0 fully saturated rings. The summed E-state index contributed by atoms with van der Waals surface area (Å²) in [6.45, 7) is 0. The predicted molar refractivity (Wildman–Crippen MR) is 66.7 cm³/mol. The zero-order valence-electron chi connectivity index (χ0n) is 11.9. The molecule has 0 atom stereocenters. The lowest BCUT2D eigenvalue weighted by Crippen LogP contribution is -2.37. The molecular weight excluding hydrogens is 392 g/mol. The van der Waals surface area contributed by atoms with Crippen molar-refractivity contribution in [1.82, 2.24) is 9.97 Å². The topological polar surface area (TPSA) is 71.8 Å². The number of rotatable bonds is 2. The van der Waals surface area contributed by atoms with Crippen molar-refractivity contribution in [3.05, 3.63) is 33.7 Å². The summed E-state index contributed by atoms with van der Waals surface area (Å²) in [7, 11) is 0. The Morgan fingerprint density at radius 1 is 0.846 bits per heavy atom. The molecule has 14 heteroatoms. The summed E-state index contributed by atoms with van der Waals surface area (Å²) < 4.78 is 129. The van der Waals surface area contributed by atoms with Crippen molar-refractivity contribution in [2.45, 2.75) is 24.2 Å². The number of nitrogens with two attached hydrogens (primary N) is 1. The van der Waals surface area contributed by atoms with Gasteiger partial charge in [-0.2, -0.15) is 43.9 Å². The number of halogens is 10. The van der Waals surface area contributed by atoms with E-state index >= 15 is 0 Å². The van der Waals surface area contributed by atoms with E-state index in [0.29, 0.717) is 0 Å². The van der Waals surface area contributed by atoms with E-state index in [0.717, 1.165) is 0 Å². The van der Waals surface area contributed by atoms with Gasteiger partial charge >= 0.3 is 24.2 Å². The van der Waals surface area contributed by atoms with Crippen LogP contribution in [0.15, 0.2) is 16.9 Å². The molecule has 2 aromatic rings. The SMILES string of the molecule is Nc1cc2c(C(F)(F)C(F)(F)F)cc(C(F)(F)C(F)(F)F)nc2[nH]c1=O. The van der Waals surface area contributed by atoms with Gasteiger partial charge in [-0.05, 0) is 12.1 Å². The lowest BCUT2D eigenvalue weighted by atomic mass is 10.0. The van der Waals surface area contributed by atoms with Crippen LogP contribution >= 0.6 is 0 Å². The maximum absolute atomic E-state index is 13.7. The second kappa shape index (κ2) is 5.48. The number of pyridine rings is 2. The van der Waals surface area contributed by atoms with Gasteiger partial charge in [-0.3, -0.25) is 4.79 Å². The Morgan fingerprint density at radius 2 is 1.35 bits per heavy atom. The number of alkyl halides is 10. The maximum atomic E-state index is 13.7. The van der Waals surface area contributed by atoms with Crippen molar-refractivity contribution in [2.24, 2.45) is 0 Å². The maximum Gasteiger partial charge on any atom is 0.459 e. The van der Waals surface area contributed by atoms with Crippen molar-refractivity contribution in [3.8, 4) is 0 Å². The molecule has 0 radical (unpaired) electrons. The van der Waals surface area contributed by atoms with E-state index in [9.17, 15) is 48.7 Å². The van der Waals surface area contributed by atoms with Crippen molar-refractivity contribution in [1.29, 1.82) is 0 Å². The van der Waals surface area contributed by atoms with Crippen LogP contribution in [0.4, 0.5) is 49.6 Å². The molecule has 0 aromatic carbocycles. The van der Waals surface area contributed by atoms with Crippen molar-refractivity contribution < 1.29 is 43.9 Å². The molecular formula is C12H5F10N3O. The highest BCUT2D eigenvalue weighted by molar-refractivity contribution is 5.82. The minimum absolute atomic E-state index is 0.270. The largest absolute Gasteiger partial charge is 0.459 e. The Labute approximate surface area is 135 Å². The van der Waals surface area contributed by atoms with Gasteiger partial charge in [-0.25, -0.2) is 4.98 Å². The number of nitrogens with one attached hydrogen (secondary N) is 1. The molecule has 0 aliphatic carbocycles. The summed E-state index contributed by atoms with van der Waals surface area (Å²) in [4.78, 5) is 15.5. The third-order valence-corrected chi connectivity index (χ3v) is 3.22. The fourth-order valence-corrected chi connectivity index (χ4v) is 1.92. The molecule has 0 bridgehead atoms. The summed E-state index contributed by atoms with van der Waals surface area (Å²) in [5.74, 6) is -11.7. The molecule has 2 aromatic heterocycles. The van der Waals surface area contributed by atoms with Crippen LogP contribution < -0.4 is 11.3 Å². The molecule has 0 saturated heterocycles. The molecule has 0 amide bonds. The van der Waals surface area contributed by atoms with Crippen molar-refractivity contribution >= 4 is 16.7 Å². The summed E-state index contributed by atoms with van der Waals surface area (Å²) in [5.41, 5.74) is -3.20. The number of H-pyrrole nitrogens is 1. The van der Waals surface area contributed by atoms with Crippen LogP contribution in [0.3, 0.4) is 0 Å². The van der Waals surface area contributed by atoms with E-state index in [1.165, 1.54) is 4.98 Å². The first-order chi connectivity index (χ1) is 11.5. The lowest BCUT2D eigenvalue weighted by molar-refractivity contribution is -0.293. The van der Waals surface area contributed by atoms with E-state index in [-0.39, 0.29) is 6.07 Å². The van der Waals surface area contributed by atoms with Gasteiger partial charge in [0.05, 0.1) is 5.69 Å². The fraction of sp³-hybridized carbons (Fsp3) is 0.333. The average molecular weight is 397 g/mol. The summed E-state index contributed by atoms with van der Waals surface area (Å²) in [6.07, 6.45) is -12.7. The molecule has 0 unspecified atom stereocenters. The van der Waals surface area contributed by atoms with E-state index in [4.69, 9.17) is 5.73 Å². The number of hydrogen-bond donors (Lipinski definition) is 2. The van der Waals surface area contributed by atoms with Crippen LogP contribution in [-0.2, 0) is 11.8 Å². The molecule has 26 heavy (non-hydrogen) atoms. The molecule has 0 saturated carbocycles. The van der Waals surface area contributed by atoms with Gasteiger partial charge < -0.3 is 10.7 Å². The van der Waals surface area contributed by atoms with Crippen LogP contribution in [0.25, 0.3) is 11.0 Å². The average Bonchev–Trinajstić information content (AvgIpc) is 2.44. The van der Waals surface area contributed by atoms with Gasteiger partial charge in [0, 0.05) is 10.9 Å². The van der Waals surface area contributed by atoms with E-state index in [2.05, 4.69) is 4.98 Å². The molecule has 3 N–H and O–H groups in total. The van der Waals surface area contributed by atoms with E-state index in [1.54, 1.807) is 0 Å². The van der Waals surface area contributed by atoms with Gasteiger partial charge in [-0.15, -0.1) is 0 Å². The number of aromatic amines is 1. The van der Waals surface area contributed by atoms with E-state index in [1.807, 2.05) is 0 Å². The number of anilines is 1. The van der Waals surface area contributed by atoms with Crippen LogP contribution in [0.2, 0.25) is 0 Å². The van der Waals surface area contributed by atoms with Gasteiger partial charge in [0.25, 0.3) is 5.56 Å². The Bertz CT molecular complexity index is 912. The Balaban J connectivity index is 2.98. The minimum atomic E-state index is -6.34. The van der Waals surface area contributed by atoms with Gasteiger partial charge in [0.2, 0.25) is 0 Å². The number of fused-ring (bicyclic) bond motifs is 1. The van der Waals surface area contributed by atoms with Crippen molar-refractivity contribution in [3.63, 3.8) is 0 Å². The molecule has 2 heterocycles. The molecule has 0 aliphatic heterocycles. The second-order valence-corrected chi connectivity index (χ2v) is 5.02. The Kier molecular flexibility index (Phi) is 4.17. The van der Waals surface area contributed by atoms with Gasteiger partial charge in [-0.1, -0.05) is 0 Å².